The zero-order valence-corrected chi connectivity index (χ0v) is 12.7. The van der Waals surface area contributed by atoms with E-state index in [4.69, 9.17) is 0 Å². The molecule has 0 bridgehead atoms. The number of rotatable bonds is 2. The Labute approximate surface area is 122 Å². The van der Waals surface area contributed by atoms with E-state index in [0.717, 1.165) is 0 Å². The summed E-state index contributed by atoms with van der Waals surface area (Å²) < 4.78 is 0. The van der Waals surface area contributed by atoms with Gasteiger partial charge in [-0.25, -0.2) is 0 Å². The van der Waals surface area contributed by atoms with Gasteiger partial charge in [-0.3, -0.25) is 0 Å². The van der Waals surface area contributed by atoms with Gasteiger partial charge in [0.15, 0.2) is 0 Å². The van der Waals surface area contributed by atoms with Crippen LogP contribution in [0.1, 0.15) is 5.56 Å². The summed E-state index contributed by atoms with van der Waals surface area (Å²) in [6.45, 7) is 2.17. The third-order valence-electron chi connectivity index (χ3n) is 3.58. The molecule has 0 aromatic heterocycles. The molecule has 0 amide bonds. The van der Waals surface area contributed by atoms with Crippen LogP contribution in [0.3, 0.4) is 0 Å². The lowest BCUT2D eigenvalue weighted by Gasteiger charge is -2.12. The zero-order valence-electron chi connectivity index (χ0n) is 11.5. The first-order valence-corrected chi connectivity index (χ1v) is 7.34. The van der Waals surface area contributed by atoms with Gasteiger partial charge in [0.05, 0.1) is 0 Å². The summed E-state index contributed by atoms with van der Waals surface area (Å²) in [6, 6.07) is 25.6. The molecular weight excluding hydrogens is 259 g/mol. The molecule has 98 valence electrons. The average Bonchev–Trinajstić information content (AvgIpc) is 2.51. The second-order valence-corrected chi connectivity index (χ2v) is 5.56. The Morgan fingerprint density at radius 3 is 1.80 bits per heavy atom. The highest BCUT2D eigenvalue weighted by Crippen LogP contribution is 2.27. The van der Waals surface area contributed by atoms with Gasteiger partial charge in [-0.15, -0.1) is 9.24 Å². The van der Waals surface area contributed by atoms with E-state index in [1.165, 1.54) is 33.1 Å². The van der Waals surface area contributed by atoms with E-state index < -0.39 is 0 Å². The van der Waals surface area contributed by atoms with Gasteiger partial charge in [-0.2, -0.15) is 0 Å². The van der Waals surface area contributed by atoms with Crippen LogP contribution in [-0.2, 0) is 0 Å². The quantitative estimate of drug-likeness (QED) is 0.588. The third kappa shape index (κ3) is 2.53. The Morgan fingerprint density at radius 2 is 1.20 bits per heavy atom. The topological polar surface area (TPSA) is 0 Å². The van der Waals surface area contributed by atoms with Crippen molar-refractivity contribution in [3.63, 3.8) is 0 Å². The van der Waals surface area contributed by atoms with Crippen LogP contribution in [0.5, 0.6) is 0 Å². The first kappa shape index (κ1) is 13.1. The maximum Gasteiger partial charge on any atom is -0.0103 e. The first-order chi connectivity index (χ1) is 9.75. The van der Waals surface area contributed by atoms with E-state index in [2.05, 4.69) is 89.0 Å². The van der Waals surface area contributed by atoms with Crippen LogP contribution in [0, 0.1) is 6.92 Å². The fourth-order valence-corrected chi connectivity index (χ4v) is 2.79. The zero-order chi connectivity index (χ0) is 13.9. The van der Waals surface area contributed by atoms with E-state index >= 15 is 0 Å². The summed E-state index contributed by atoms with van der Waals surface area (Å²) in [4.78, 5) is 0. The Bertz CT molecular complexity index is 716. The fourth-order valence-electron chi connectivity index (χ4n) is 2.45. The molecule has 3 aromatic carbocycles. The van der Waals surface area contributed by atoms with Crippen LogP contribution in [0.2, 0.25) is 0 Å². The summed E-state index contributed by atoms with van der Waals surface area (Å²) in [7, 11) is 2.88. The van der Waals surface area contributed by atoms with Gasteiger partial charge in [0.25, 0.3) is 0 Å². The van der Waals surface area contributed by atoms with Crippen molar-refractivity contribution in [2.45, 2.75) is 6.92 Å². The summed E-state index contributed by atoms with van der Waals surface area (Å²) in [5.74, 6) is 0. The number of benzene rings is 3. The summed E-state index contributed by atoms with van der Waals surface area (Å²) >= 11 is 0. The van der Waals surface area contributed by atoms with Crippen LogP contribution >= 0.6 is 9.24 Å². The molecule has 0 spiro atoms. The van der Waals surface area contributed by atoms with Crippen molar-refractivity contribution in [1.29, 1.82) is 0 Å². The number of hydrogen-bond acceptors (Lipinski definition) is 0. The lowest BCUT2D eigenvalue weighted by atomic mass is 9.96. The van der Waals surface area contributed by atoms with Gasteiger partial charge in [0.2, 0.25) is 0 Å². The molecule has 1 atom stereocenters. The summed E-state index contributed by atoms with van der Waals surface area (Å²) in [5, 5.41) is 1.27. The molecule has 0 aliphatic heterocycles. The number of aryl methyl sites for hydroxylation is 1. The van der Waals surface area contributed by atoms with Crippen LogP contribution in [0.15, 0.2) is 72.8 Å². The van der Waals surface area contributed by atoms with Crippen molar-refractivity contribution in [1.82, 2.24) is 0 Å². The standard InChI is InChI=1S/C19H17P/c1-14-12-17(15-8-4-2-5-9-15)13-18(19(14)20)16-10-6-3-7-11-16/h2-13H,20H2,1H3. The molecule has 0 saturated carbocycles. The molecule has 3 aromatic rings. The van der Waals surface area contributed by atoms with Crippen molar-refractivity contribution >= 4 is 14.5 Å². The highest BCUT2D eigenvalue weighted by Gasteiger charge is 2.07. The molecule has 0 radical (unpaired) electrons. The second-order valence-electron chi connectivity index (χ2n) is 4.99. The largest absolute Gasteiger partial charge is 0.105 e. The molecule has 0 fully saturated rings. The van der Waals surface area contributed by atoms with Gasteiger partial charge < -0.3 is 0 Å². The van der Waals surface area contributed by atoms with Gasteiger partial charge in [-0.05, 0) is 46.1 Å². The fraction of sp³-hybridized carbons (Fsp3) is 0.0526. The van der Waals surface area contributed by atoms with E-state index in [9.17, 15) is 0 Å². The maximum absolute atomic E-state index is 2.88. The molecule has 1 unspecified atom stereocenters. The van der Waals surface area contributed by atoms with E-state index in [1.807, 2.05) is 0 Å². The van der Waals surface area contributed by atoms with Crippen molar-refractivity contribution in [3.8, 4) is 22.3 Å². The van der Waals surface area contributed by atoms with E-state index in [0.29, 0.717) is 0 Å². The van der Waals surface area contributed by atoms with E-state index in [1.54, 1.807) is 0 Å². The predicted molar refractivity (Wildman–Crippen MR) is 91.4 cm³/mol. The molecule has 3 rings (SSSR count). The van der Waals surface area contributed by atoms with Crippen LogP contribution in [-0.4, -0.2) is 0 Å². The minimum absolute atomic E-state index is 1.26. The molecule has 1 heteroatoms. The van der Waals surface area contributed by atoms with Crippen molar-refractivity contribution in [2.75, 3.05) is 0 Å². The van der Waals surface area contributed by atoms with Crippen molar-refractivity contribution in [2.24, 2.45) is 0 Å². The Morgan fingerprint density at radius 1 is 0.650 bits per heavy atom. The van der Waals surface area contributed by atoms with Crippen molar-refractivity contribution < 1.29 is 0 Å². The molecule has 0 saturated heterocycles. The predicted octanol–water partition coefficient (Wildman–Crippen LogP) is 4.83. The van der Waals surface area contributed by atoms with Crippen molar-refractivity contribution in [3.05, 3.63) is 78.4 Å². The molecule has 0 nitrogen and oxygen atoms in total. The van der Waals surface area contributed by atoms with Crippen LogP contribution in [0.25, 0.3) is 22.3 Å². The Kier molecular flexibility index (Phi) is 3.67. The average molecular weight is 276 g/mol. The Hall–Kier alpha value is -1.91. The third-order valence-corrected chi connectivity index (χ3v) is 4.35. The lowest BCUT2D eigenvalue weighted by Crippen LogP contribution is -2.02. The molecule has 0 N–H and O–H groups in total. The highest BCUT2D eigenvalue weighted by atomic mass is 31.0. The SMILES string of the molecule is Cc1cc(-c2ccccc2)cc(-c2ccccc2)c1P. The maximum atomic E-state index is 2.88. The molecular formula is C19H17P. The monoisotopic (exact) mass is 276 g/mol. The molecule has 0 heterocycles. The minimum Gasteiger partial charge on any atom is -0.105 e. The molecule has 20 heavy (non-hydrogen) atoms. The van der Waals surface area contributed by atoms with Gasteiger partial charge in [0, 0.05) is 0 Å². The first-order valence-electron chi connectivity index (χ1n) is 6.76. The normalized spacial score (nSPS) is 10.5. The molecule has 0 aliphatic rings. The molecule has 0 aliphatic carbocycles. The van der Waals surface area contributed by atoms with Gasteiger partial charge in [0.1, 0.15) is 0 Å². The van der Waals surface area contributed by atoms with Gasteiger partial charge in [-0.1, -0.05) is 66.7 Å². The smallest absolute Gasteiger partial charge is 0.0103 e. The van der Waals surface area contributed by atoms with Crippen LogP contribution in [0.4, 0.5) is 0 Å². The lowest BCUT2D eigenvalue weighted by molar-refractivity contribution is 1.50. The summed E-state index contributed by atoms with van der Waals surface area (Å²) in [5.41, 5.74) is 6.38. The Balaban J connectivity index is 2.19. The highest BCUT2D eigenvalue weighted by molar-refractivity contribution is 7.28. The second kappa shape index (κ2) is 5.61. The summed E-state index contributed by atoms with van der Waals surface area (Å²) in [6.07, 6.45) is 0. The number of hydrogen-bond donors (Lipinski definition) is 0. The minimum atomic E-state index is 1.26. The van der Waals surface area contributed by atoms with E-state index in [-0.39, 0.29) is 0 Å². The van der Waals surface area contributed by atoms with Gasteiger partial charge >= 0.3 is 0 Å². The van der Waals surface area contributed by atoms with Crippen LogP contribution < -0.4 is 5.30 Å².